The van der Waals surface area contributed by atoms with Gasteiger partial charge in [0.1, 0.15) is 0 Å². The number of ether oxygens (including phenoxy) is 4. The number of aryl methyl sites for hydroxylation is 2. The van der Waals surface area contributed by atoms with Gasteiger partial charge in [0.25, 0.3) is 0 Å². The van der Waals surface area contributed by atoms with Crippen LogP contribution in [0.4, 0.5) is 11.4 Å². The standard InChI is InChI=1S/C56H44Cl4N6O4P2/c1-35-15-19-39(20-16-35)51-47(33-61)55(69-49-29-25-37-23-27-43(67-3)31-45(37)53(49)51)63-71(57,58)65(41-11-7-5-8-12-41)72(59,60,66(71)42-13-9-6-10-14-42)64-56-48(34-62)52(40-21-17-36(2)18-22-40)54-46-32-44(68-4)28-24-38(46)26-30-50(54)70-56/h5-32,55-56,63-64H,1-4H3. The summed E-state index contributed by atoms with van der Waals surface area (Å²) < 4.78 is 28.5. The molecule has 8 aromatic carbocycles. The van der Waals surface area contributed by atoms with Gasteiger partial charge in [-0.3, -0.25) is 0 Å². The summed E-state index contributed by atoms with van der Waals surface area (Å²) in [5.74, 6) is -8.17. The summed E-state index contributed by atoms with van der Waals surface area (Å²) in [5, 5.41) is 33.4. The zero-order chi connectivity index (χ0) is 50.2. The minimum atomic E-state index is -5.19. The molecular weight excluding hydrogens is 1020 g/mol. The van der Waals surface area contributed by atoms with E-state index in [0.717, 1.165) is 43.8 Å². The maximum absolute atomic E-state index is 11.5. The van der Waals surface area contributed by atoms with Gasteiger partial charge in [-0.2, -0.15) is 0 Å². The van der Waals surface area contributed by atoms with Crippen LogP contribution in [0.5, 0.6) is 23.0 Å². The molecule has 72 heavy (non-hydrogen) atoms. The van der Waals surface area contributed by atoms with Crippen LogP contribution < -0.4 is 38.0 Å². The van der Waals surface area contributed by atoms with E-state index in [1.54, 1.807) is 47.4 Å². The number of rotatable bonds is 10. The number of nitrogens with zero attached hydrogens (tertiary/aromatic N) is 4. The van der Waals surface area contributed by atoms with Crippen molar-refractivity contribution in [3.05, 3.63) is 214 Å². The Morgan fingerprint density at radius 2 is 0.861 bits per heavy atom. The number of fused-ring (bicyclic) bond motifs is 6. The molecule has 0 spiro atoms. The number of benzene rings is 8. The maximum atomic E-state index is 11.5. The molecule has 16 heteroatoms. The van der Waals surface area contributed by atoms with E-state index in [2.05, 4.69) is 22.3 Å². The van der Waals surface area contributed by atoms with E-state index >= 15 is 0 Å². The van der Waals surface area contributed by atoms with Crippen LogP contribution in [-0.2, 0) is 0 Å². The summed E-state index contributed by atoms with van der Waals surface area (Å²) in [4.78, 5) is 0. The van der Waals surface area contributed by atoms with Crippen molar-refractivity contribution in [2.45, 2.75) is 26.3 Å². The Hall–Kier alpha value is -6.52. The molecule has 0 amide bonds. The molecule has 360 valence electrons. The van der Waals surface area contributed by atoms with Crippen molar-refractivity contribution in [1.29, 1.82) is 10.5 Å². The third-order valence-corrected chi connectivity index (χ3v) is 29.6. The molecule has 2 N–H and O–H groups in total. The van der Waals surface area contributed by atoms with Gasteiger partial charge in [0, 0.05) is 0 Å². The predicted octanol–water partition coefficient (Wildman–Crippen LogP) is 15.8. The fraction of sp³-hybridized carbons (Fsp3) is 0.107. The van der Waals surface area contributed by atoms with E-state index in [9.17, 15) is 10.5 Å². The van der Waals surface area contributed by atoms with Gasteiger partial charge in [0.15, 0.2) is 0 Å². The Morgan fingerprint density at radius 3 is 1.21 bits per heavy atom. The van der Waals surface area contributed by atoms with Crippen LogP contribution in [0.1, 0.15) is 33.4 Å². The number of hydrogen-bond acceptors (Lipinski definition) is 10. The summed E-state index contributed by atoms with van der Waals surface area (Å²) >= 11 is 33.5. The molecule has 3 heterocycles. The van der Waals surface area contributed by atoms with Crippen LogP contribution in [0.25, 0.3) is 32.7 Å². The predicted molar refractivity (Wildman–Crippen MR) is 297 cm³/mol. The fourth-order valence-electron chi connectivity index (χ4n) is 10.0. The number of halogens is 4. The van der Waals surface area contributed by atoms with E-state index in [1.165, 1.54) is 0 Å². The van der Waals surface area contributed by atoms with E-state index < -0.39 is 24.0 Å². The molecule has 1 saturated heterocycles. The second-order valence-corrected chi connectivity index (χ2v) is 32.5. The Labute approximate surface area is 436 Å². The average Bonchev–Trinajstić information content (AvgIpc) is 3.38. The van der Waals surface area contributed by atoms with Crippen molar-refractivity contribution in [1.82, 2.24) is 10.2 Å². The van der Waals surface area contributed by atoms with Crippen molar-refractivity contribution < 1.29 is 18.9 Å². The van der Waals surface area contributed by atoms with Gasteiger partial charge in [-0.25, -0.2) is 0 Å². The van der Waals surface area contributed by atoms with Gasteiger partial charge >= 0.3 is 439 Å². The van der Waals surface area contributed by atoms with Crippen molar-refractivity contribution in [3.8, 4) is 35.1 Å². The van der Waals surface area contributed by atoms with Crippen molar-refractivity contribution in [3.63, 3.8) is 0 Å². The van der Waals surface area contributed by atoms with E-state index in [0.29, 0.717) is 56.6 Å². The number of methoxy groups -OCH3 is 2. The quantitative estimate of drug-likeness (QED) is 0.128. The molecule has 3 aliphatic rings. The van der Waals surface area contributed by atoms with Gasteiger partial charge in [-0.1, -0.05) is 0 Å². The normalized spacial score (nSPS) is 20.1. The Bertz CT molecular complexity index is 3420. The molecule has 11 rings (SSSR count). The van der Waals surface area contributed by atoms with Gasteiger partial charge in [-0.05, 0) is 0 Å². The van der Waals surface area contributed by atoms with Gasteiger partial charge in [-0.15, -0.1) is 0 Å². The molecule has 0 aromatic heterocycles. The Balaban J connectivity index is 1.12. The summed E-state index contributed by atoms with van der Waals surface area (Å²) in [6, 6.07) is 58.3. The van der Waals surface area contributed by atoms with Crippen LogP contribution in [0, 0.1) is 36.5 Å². The molecule has 10 nitrogen and oxygen atoms in total. The van der Waals surface area contributed by atoms with Crippen LogP contribution in [0.15, 0.2) is 181 Å². The van der Waals surface area contributed by atoms with Crippen molar-refractivity contribution in [2.24, 2.45) is 0 Å². The fourth-order valence-corrected chi connectivity index (χ4v) is 34.4. The summed E-state index contributed by atoms with van der Waals surface area (Å²) in [5.41, 5.74) is 7.49. The molecule has 2 atom stereocenters. The molecular formula is C56H44Cl4N6O4P2. The topological polar surface area (TPSA) is 115 Å². The molecule has 8 aromatic rings. The third kappa shape index (κ3) is 7.52. The molecule has 0 saturated carbocycles. The Morgan fingerprint density at radius 1 is 0.500 bits per heavy atom. The molecule has 0 aliphatic carbocycles. The second-order valence-electron chi connectivity index (χ2n) is 17.7. The van der Waals surface area contributed by atoms with Crippen molar-refractivity contribution >= 4 is 101 Å². The first-order chi connectivity index (χ1) is 34.7. The van der Waals surface area contributed by atoms with E-state index in [-0.39, 0.29) is 11.1 Å². The van der Waals surface area contributed by atoms with Gasteiger partial charge < -0.3 is 0 Å². The van der Waals surface area contributed by atoms with E-state index in [1.807, 2.05) is 159 Å². The summed E-state index contributed by atoms with van der Waals surface area (Å²) in [6.07, 6.45) is -2.57. The van der Waals surface area contributed by atoms with Crippen LogP contribution >= 0.6 is 56.5 Å². The summed E-state index contributed by atoms with van der Waals surface area (Å²) in [6.45, 7) is 4.01. The molecule has 1 fully saturated rings. The molecule has 0 radical (unpaired) electrons. The van der Waals surface area contributed by atoms with Gasteiger partial charge in [0.05, 0.1) is 0 Å². The van der Waals surface area contributed by atoms with Crippen LogP contribution in [-0.4, -0.2) is 26.7 Å². The first kappa shape index (κ1) is 47.8. The van der Waals surface area contributed by atoms with Crippen LogP contribution in [0.2, 0.25) is 0 Å². The Kier molecular flexibility index (Phi) is 11.7. The molecule has 0 bridgehead atoms. The number of hydrogen-bond donors (Lipinski definition) is 2. The van der Waals surface area contributed by atoms with Crippen LogP contribution in [0.3, 0.4) is 0 Å². The van der Waals surface area contributed by atoms with Gasteiger partial charge in [0.2, 0.25) is 0 Å². The van der Waals surface area contributed by atoms with E-state index in [4.69, 9.17) is 63.9 Å². The monoisotopic (exact) mass is 1070 g/mol. The second kappa shape index (κ2) is 17.6. The zero-order valence-electron chi connectivity index (χ0n) is 39.1. The average molecular weight is 1070 g/mol. The summed E-state index contributed by atoms with van der Waals surface area (Å²) in [7, 11) is 3.23. The van der Waals surface area contributed by atoms with Crippen molar-refractivity contribution in [2.75, 3.05) is 23.1 Å². The SMILES string of the molecule is COc1ccc2ccc3c(c2c1)C(c1ccc(C)cc1)=C(C#N)C(NP1(Cl)(Cl)N(c2ccccc2)P(Cl)(Cl)(NC2Oc4ccc5ccc(OC)cc5c4C(c4ccc(C)cc4)=C2C#N)N1c1ccccc1)O3. The number of anilines is 2. The molecule has 3 aliphatic heterocycles. The molecule has 2 unspecified atom stereocenters. The number of nitriles is 2. The third-order valence-electron chi connectivity index (χ3n) is 13.3. The minimum absolute atomic E-state index is 0.200. The zero-order valence-corrected chi connectivity index (χ0v) is 44.0. The number of nitrogens with one attached hydrogen (secondary N) is 2. The number of para-hydroxylation sites is 2. The first-order valence-corrected chi connectivity index (χ1v) is 30.7. The first-order valence-electron chi connectivity index (χ1n) is 22.8.